The molecule has 0 aliphatic carbocycles. The predicted molar refractivity (Wildman–Crippen MR) is 81.5 cm³/mol. The molecule has 0 fully saturated rings. The second-order valence-corrected chi connectivity index (χ2v) is 5.13. The zero-order chi connectivity index (χ0) is 14.2. The third-order valence-corrected chi connectivity index (χ3v) is 3.87. The van der Waals surface area contributed by atoms with Crippen LogP contribution in [0, 0.1) is 0 Å². The average Bonchev–Trinajstić information content (AvgIpc) is 2.55. The molecule has 104 valence electrons. The summed E-state index contributed by atoms with van der Waals surface area (Å²) < 4.78 is 1.75. The van der Waals surface area contributed by atoms with Crippen LogP contribution in [0.2, 0.25) is 0 Å². The fourth-order valence-electron chi connectivity index (χ4n) is 2.89. The number of hydrogen-bond acceptors (Lipinski definition) is 4. The second kappa shape index (κ2) is 4.70. The summed E-state index contributed by atoms with van der Waals surface area (Å²) in [7, 11) is 0. The Morgan fingerprint density at radius 3 is 2.86 bits per heavy atom. The molecule has 3 heterocycles. The lowest BCUT2D eigenvalue weighted by Gasteiger charge is -2.28. The van der Waals surface area contributed by atoms with E-state index in [1.807, 2.05) is 18.2 Å². The van der Waals surface area contributed by atoms with Crippen LogP contribution in [0.3, 0.4) is 0 Å². The Bertz CT molecular complexity index is 857. The standard InChI is InChI=1S/C16H14N4O/c21-15-12-7-4-9-17-14(12)19-16-18-10-8-13(20(15)16)11-5-2-1-3-6-11/h1-7,9,13H,8,10H2,(H,17,18,19). The Labute approximate surface area is 121 Å². The summed E-state index contributed by atoms with van der Waals surface area (Å²) in [5.41, 5.74) is 1.59. The van der Waals surface area contributed by atoms with Crippen molar-refractivity contribution >= 4 is 17.0 Å². The maximum Gasteiger partial charge on any atom is 0.265 e. The predicted octanol–water partition coefficient (Wildman–Crippen LogP) is 2.20. The fourth-order valence-corrected chi connectivity index (χ4v) is 2.89. The molecule has 0 saturated heterocycles. The number of hydrogen-bond donors (Lipinski definition) is 1. The summed E-state index contributed by atoms with van der Waals surface area (Å²) in [6.45, 7) is 0.796. The van der Waals surface area contributed by atoms with Crippen LogP contribution >= 0.6 is 0 Å². The molecule has 2 aromatic heterocycles. The molecule has 21 heavy (non-hydrogen) atoms. The van der Waals surface area contributed by atoms with E-state index < -0.39 is 0 Å². The molecule has 1 aromatic carbocycles. The molecular weight excluding hydrogens is 264 g/mol. The first-order chi connectivity index (χ1) is 10.3. The third-order valence-electron chi connectivity index (χ3n) is 3.87. The highest BCUT2D eigenvalue weighted by molar-refractivity contribution is 5.74. The van der Waals surface area contributed by atoms with Crippen molar-refractivity contribution in [3.63, 3.8) is 0 Å². The monoisotopic (exact) mass is 278 g/mol. The van der Waals surface area contributed by atoms with E-state index in [0.717, 1.165) is 18.5 Å². The van der Waals surface area contributed by atoms with Gasteiger partial charge in [-0.15, -0.1) is 0 Å². The normalized spacial score (nSPS) is 17.2. The van der Waals surface area contributed by atoms with Crippen LogP contribution in [0.15, 0.2) is 53.5 Å². The van der Waals surface area contributed by atoms with Gasteiger partial charge in [0, 0.05) is 12.7 Å². The Morgan fingerprint density at radius 1 is 1.14 bits per heavy atom. The smallest absolute Gasteiger partial charge is 0.265 e. The van der Waals surface area contributed by atoms with E-state index in [0.29, 0.717) is 17.0 Å². The minimum Gasteiger partial charge on any atom is -0.355 e. The van der Waals surface area contributed by atoms with Crippen LogP contribution in [0.5, 0.6) is 0 Å². The molecule has 0 saturated carbocycles. The van der Waals surface area contributed by atoms with Gasteiger partial charge in [-0.3, -0.25) is 9.36 Å². The largest absolute Gasteiger partial charge is 0.355 e. The number of fused-ring (bicyclic) bond motifs is 2. The maximum atomic E-state index is 12.8. The SMILES string of the molecule is O=c1c2cccnc2nc2n1C(c1ccccc1)CCN2. The number of benzene rings is 1. The molecule has 3 aromatic rings. The molecule has 5 heteroatoms. The fraction of sp³-hybridized carbons (Fsp3) is 0.188. The van der Waals surface area contributed by atoms with Crippen molar-refractivity contribution in [3.05, 3.63) is 64.6 Å². The number of nitrogens with zero attached hydrogens (tertiary/aromatic N) is 3. The molecule has 0 radical (unpaired) electrons. The molecule has 0 bridgehead atoms. The van der Waals surface area contributed by atoms with Gasteiger partial charge >= 0.3 is 0 Å². The highest BCUT2D eigenvalue weighted by Gasteiger charge is 2.24. The summed E-state index contributed by atoms with van der Waals surface area (Å²) >= 11 is 0. The Morgan fingerprint density at radius 2 is 2.00 bits per heavy atom. The molecule has 1 aliphatic heterocycles. The summed E-state index contributed by atoms with van der Waals surface area (Å²) in [5.74, 6) is 0.603. The molecule has 5 nitrogen and oxygen atoms in total. The van der Waals surface area contributed by atoms with Crippen molar-refractivity contribution in [1.29, 1.82) is 0 Å². The van der Waals surface area contributed by atoms with Crippen LogP contribution in [-0.4, -0.2) is 21.1 Å². The summed E-state index contributed by atoms with van der Waals surface area (Å²) in [5, 5.41) is 3.77. The van der Waals surface area contributed by atoms with Gasteiger partial charge in [0.1, 0.15) is 0 Å². The quantitative estimate of drug-likeness (QED) is 0.741. The van der Waals surface area contributed by atoms with Crippen LogP contribution in [0.25, 0.3) is 11.0 Å². The summed E-state index contributed by atoms with van der Waals surface area (Å²) in [4.78, 5) is 21.5. The van der Waals surface area contributed by atoms with Crippen LogP contribution in [0.1, 0.15) is 18.0 Å². The molecule has 0 amide bonds. The molecule has 4 rings (SSSR count). The molecular formula is C16H14N4O. The van der Waals surface area contributed by atoms with Gasteiger partial charge in [-0.1, -0.05) is 30.3 Å². The van der Waals surface area contributed by atoms with Crippen molar-refractivity contribution in [1.82, 2.24) is 14.5 Å². The van der Waals surface area contributed by atoms with E-state index in [1.54, 1.807) is 22.9 Å². The molecule has 1 atom stereocenters. The van der Waals surface area contributed by atoms with Gasteiger partial charge in [0.2, 0.25) is 5.95 Å². The number of anilines is 1. The van der Waals surface area contributed by atoms with Crippen molar-refractivity contribution in [3.8, 4) is 0 Å². The minimum absolute atomic E-state index is 0.0204. The van der Waals surface area contributed by atoms with Gasteiger partial charge in [-0.05, 0) is 24.1 Å². The zero-order valence-corrected chi connectivity index (χ0v) is 11.4. The maximum absolute atomic E-state index is 12.8. The Kier molecular flexibility index (Phi) is 2.70. The summed E-state index contributed by atoms with van der Waals surface area (Å²) in [6.07, 6.45) is 2.52. The van der Waals surface area contributed by atoms with Gasteiger partial charge in [0.25, 0.3) is 5.56 Å². The lowest BCUT2D eigenvalue weighted by molar-refractivity contribution is 0.511. The van der Waals surface area contributed by atoms with Crippen LogP contribution in [-0.2, 0) is 0 Å². The van der Waals surface area contributed by atoms with E-state index in [2.05, 4.69) is 27.4 Å². The number of pyridine rings is 1. The molecule has 1 unspecified atom stereocenters. The first-order valence-electron chi connectivity index (χ1n) is 7.01. The van der Waals surface area contributed by atoms with Crippen molar-refractivity contribution in [2.45, 2.75) is 12.5 Å². The lowest BCUT2D eigenvalue weighted by Crippen LogP contribution is -2.34. The second-order valence-electron chi connectivity index (χ2n) is 5.13. The number of aromatic nitrogens is 3. The van der Waals surface area contributed by atoms with E-state index in [4.69, 9.17) is 0 Å². The Balaban J connectivity index is 1.99. The van der Waals surface area contributed by atoms with Gasteiger partial charge in [0.05, 0.1) is 11.4 Å². The van der Waals surface area contributed by atoms with Gasteiger partial charge in [-0.25, -0.2) is 4.98 Å². The van der Waals surface area contributed by atoms with E-state index in [9.17, 15) is 4.79 Å². The number of nitrogens with one attached hydrogen (secondary N) is 1. The minimum atomic E-state index is -0.0378. The van der Waals surface area contributed by atoms with Crippen LogP contribution < -0.4 is 10.9 Å². The Hall–Kier alpha value is -2.69. The first-order valence-corrected chi connectivity index (χ1v) is 7.01. The zero-order valence-electron chi connectivity index (χ0n) is 11.4. The van der Waals surface area contributed by atoms with Gasteiger partial charge in [0.15, 0.2) is 5.65 Å². The van der Waals surface area contributed by atoms with Gasteiger partial charge in [-0.2, -0.15) is 4.98 Å². The average molecular weight is 278 g/mol. The molecule has 1 aliphatic rings. The highest BCUT2D eigenvalue weighted by atomic mass is 16.1. The van der Waals surface area contributed by atoms with Crippen molar-refractivity contribution < 1.29 is 0 Å². The topological polar surface area (TPSA) is 59.8 Å². The van der Waals surface area contributed by atoms with Crippen molar-refractivity contribution in [2.75, 3.05) is 11.9 Å². The van der Waals surface area contributed by atoms with Crippen LogP contribution in [0.4, 0.5) is 5.95 Å². The van der Waals surface area contributed by atoms with Crippen molar-refractivity contribution in [2.24, 2.45) is 0 Å². The molecule has 0 spiro atoms. The number of rotatable bonds is 1. The molecule has 1 N–H and O–H groups in total. The third kappa shape index (κ3) is 1.89. The van der Waals surface area contributed by atoms with E-state index in [1.165, 1.54) is 0 Å². The van der Waals surface area contributed by atoms with E-state index >= 15 is 0 Å². The summed E-state index contributed by atoms with van der Waals surface area (Å²) in [6, 6.07) is 13.7. The van der Waals surface area contributed by atoms with E-state index in [-0.39, 0.29) is 11.6 Å². The first kappa shape index (κ1) is 12.1. The lowest BCUT2D eigenvalue weighted by atomic mass is 10.0. The highest BCUT2D eigenvalue weighted by Crippen LogP contribution is 2.27. The van der Waals surface area contributed by atoms with Gasteiger partial charge < -0.3 is 5.32 Å².